The molecule has 0 saturated heterocycles. The highest BCUT2D eigenvalue weighted by Crippen LogP contribution is 2.68. The van der Waals surface area contributed by atoms with Crippen molar-refractivity contribution in [1.29, 1.82) is 0 Å². The zero-order valence-electron chi connectivity index (χ0n) is 18.5. The Balaban J connectivity index is 1.47. The Kier molecular flexibility index (Phi) is 5.61. The molecular formula is C25H43NO2. The van der Waals surface area contributed by atoms with Crippen LogP contribution in [0.2, 0.25) is 0 Å². The fourth-order valence-electron chi connectivity index (χ4n) is 9.01. The molecule has 0 bridgehead atoms. The Morgan fingerprint density at radius 1 is 1.04 bits per heavy atom. The van der Waals surface area contributed by atoms with Crippen molar-refractivity contribution in [2.75, 3.05) is 0 Å². The van der Waals surface area contributed by atoms with E-state index in [1.54, 1.807) is 0 Å². The average Bonchev–Trinajstić information content (AvgIpc) is 2.99. The summed E-state index contributed by atoms with van der Waals surface area (Å²) in [4.78, 5) is 11.1. The molecule has 0 aliphatic heterocycles. The van der Waals surface area contributed by atoms with E-state index in [1.807, 2.05) is 0 Å². The van der Waals surface area contributed by atoms with Crippen LogP contribution in [0.25, 0.3) is 0 Å². The maximum atomic E-state index is 11.1. The highest BCUT2D eigenvalue weighted by molar-refractivity contribution is 5.73. The van der Waals surface area contributed by atoms with Crippen LogP contribution in [0.5, 0.6) is 0 Å². The summed E-state index contributed by atoms with van der Waals surface area (Å²) in [5.41, 5.74) is 6.34. The van der Waals surface area contributed by atoms with Gasteiger partial charge in [0.15, 0.2) is 0 Å². The largest absolute Gasteiger partial charge is 0.393 e. The minimum atomic E-state index is -0.147. The van der Waals surface area contributed by atoms with Crippen molar-refractivity contribution in [2.24, 2.45) is 52.1 Å². The molecule has 3 N–H and O–H groups in total. The van der Waals surface area contributed by atoms with Crippen LogP contribution in [-0.2, 0) is 4.79 Å². The molecular weight excluding hydrogens is 346 g/mol. The molecule has 160 valence electrons. The number of aliphatic hydroxyl groups is 1. The van der Waals surface area contributed by atoms with Gasteiger partial charge >= 0.3 is 0 Å². The van der Waals surface area contributed by atoms with Gasteiger partial charge in [-0.3, -0.25) is 4.79 Å². The summed E-state index contributed by atoms with van der Waals surface area (Å²) in [7, 11) is 0. The lowest BCUT2D eigenvalue weighted by molar-refractivity contribution is -0.129. The zero-order chi connectivity index (χ0) is 20.1. The molecule has 4 saturated carbocycles. The zero-order valence-corrected chi connectivity index (χ0v) is 18.5. The summed E-state index contributed by atoms with van der Waals surface area (Å²) in [6.45, 7) is 7.64. The first-order chi connectivity index (χ1) is 13.3. The van der Waals surface area contributed by atoms with E-state index in [2.05, 4.69) is 20.8 Å². The number of aliphatic hydroxyl groups excluding tert-OH is 1. The normalized spacial score (nSPS) is 49.0. The lowest BCUT2D eigenvalue weighted by Gasteiger charge is -2.61. The second-order valence-electron chi connectivity index (χ2n) is 11.6. The Bertz CT molecular complexity index is 591. The molecule has 0 heterocycles. The van der Waals surface area contributed by atoms with Crippen LogP contribution in [0, 0.1) is 46.3 Å². The number of hydrogen-bond acceptors (Lipinski definition) is 2. The first-order valence-electron chi connectivity index (χ1n) is 12.2. The quantitative estimate of drug-likeness (QED) is 0.670. The van der Waals surface area contributed by atoms with Crippen LogP contribution in [0.1, 0.15) is 97.8 Å². The number of rotatable bonds is 5. The summed E-state index contributed by atoms with van der Waals surface area (Å²) in [6, 6.07) is 0. The van der Waals surface area contributed by atoms with E-state index in [9.17, 15) is 9.90 Å². The fourth-order valence-corrected chi connectivity index (χ4v) is 9.01. The van der Waals surface area contributed by atoms with Crippen LogP contribution in [0.3, 0.4) is 0 Å². The summed E-state index contributed by atoms with van der Waals surface area (Å²) in [6.07, 6.45) is 14.3. The second-order valence-corrected chi connectivity index (χ2v) is 11.6. The van der Waals surface area contributed by atoms with Crippen molar-refractivity contribution >= 4 is 5.91 Å². The predicted octanol–water partition coefficient (Wildman–Crippen LogP) is 5.30. The highest BCUT2D eigenvalue weighted by Gasteiger charge is 2.60. The molecule has 4 aliphatic carbocycles. The summed E-state index contributed by atoms with van der Waals surface area (Å²) in [5, 5.41) is 10.2. The Morgan fingerprint density at radius 2 is 1.75 bits per heavy atom. The molecule has 28 heavy (non-hydrogen) atoms. The Labute approximate surface area is 172 Å². The van der Waals surface area contributed by atoms with Crippen molar-refractivity contribution in [3.05, 3.63) is 0 Å². The van der Waals surface area contributed by atoms with Crippen LogP contribution < -0.4 is 5.73 Å². The first-order valence-corrected chi connectivity index (χ1v) is 12.2. The number of carbonyl (C=O) groups excluding carboxylic acids is 1. The number of nitrogens with two attached hydrogens (primary N) is 1. The molecule has 0 aromatic heterocycles. The number of amides is 1. The van der Waals surface area contributed by atoms with E-state index in [4.69, 9.17) is 5.73 Å². The van der Waals surface area contributed by atoms with E-state index in [-0.39, 0.29) is 12.0 Å². The second kappa shape index (κ2) is 7.60. The maximum Gasteiger partial charge on any atom is 0.217 e. The number of carbonyl (C=O) groups is 1. The monoisotopic (exact) mass is 389 g/mol. The van der Waals surface area contributed by atoms with Gasteiger partial charge in [0.25, 0.3) is 0 Å². The number of primary amides is 1. The minimum Gasteiger partial charge on any atom is -0.393 e. The minimum absolute atomic E-state index is 0.0411. The van der Waals surface area contributed by atoms with Crippen molar-refractivity contribution in [3.8, 4) is 0 Å². The Morgan fingerprint density at radius 3 is 2.50 bits per heavy atom. The number of fused-ring (bicyclic) bond motifs is 5. The van der Waals surface area contributed by atoms with Gasteiger partial charge in [-0.1, -0.05) is 20.8 Å². The van der Waals surface area contributed by atoms with Gasteiger partial charge < -0.3 is 10.8 Å². The molecule has 0 aromatic carbocycles. The van der Waals surface area contributed by atoms with Crippen LogP contribution >= 0.6 is 0 Å². The van der Waals surface area contributed by atoms with Crippen LogP contribution in [0.15, 0.2) is 0 Å². The topological polar surface area (TPSA) is 63.3 Å². The molecule has 0 unspecified atom stereocenters. The van der Waals surface area contributed by atoms with Gasteiger partial charge in [-0.2, -0.15) is 0 Å². The summed E-state index contributed by atoms with van der Waals surface area (Å²) >= 11 is 0. The molecule has 0 spiro atoms. The molecule has 0 aromatic rings. The third kappa shape index (κ3) is 3.34. The van der Waals surface area contributed by atoms with Gasteiger partial charge in [0.2, 0.25) is 5.91 Å². The number of hydrogen-bond donors (Lipinski definition) is 2. The molecule has 1 amide bonds. The molecule has 3 nitrogen and oxygen atoms in total. The van der Waals surface area contributed by atoms with Gasteiger partial charge in [-0.05, 0) is 117 Å². The average molecular weight is 390 g/mol. The summed E-state index contributed by atoms with van der Waals surface area (Å²) < 4.78 is 0. The lowest BCUT2D eigenvalue weighted by Crippen LogP contribution is -2.54. The predicted molar refractivity (Wildman–Crippen MR) is 113 cm³/mol. The molecule has 0 radical (unpaired) electrons. The molecule has 4 aliphatic rings. The molecule has 3 heteroatoms. The van der Waals surface area contributed by atoms with Gasteiger partial charge in [-0.15, -0.1) is 0 Å². The SMILES string of the molecule is C[C@H](CCCC(N)=O)[C@@H]1CC[C@@H]2[C@@H]3CC[C@@H]4C[C@H](O)CC[C@]4(C)[C@@H]3CC[C@]21C. The fraction of sp³-hybridized carbons (Fsp3) is 0.960. The van der Waals surface area contributed by atoms with Crippen molar-refractivity contribution in [3.63, 3.8) is 0 Å². The van der Waals surface area contributed by atoms with Crippen molar-refractivity contribution in [2.45, 2.75) is 104 Å². The van der Waals surface area contributed by atoms with E-state index < -0.39 is 0 Å². The standard InChI is InChI=1S/C25H43NO2/c1-16(5-4-6-23(26)28)20-9-10-21-19-8-7-17-15-18(27)11-13-24(17,2)22(19)12-14-25(20,21)3/h16-22,27H,4-15H2,1-3H3,(H2,26,28)/t16-,17-,18-,19+,20+,21-,22-,24+,25+/m1/s1. The third-order valence-electron chi connectivity index (χ3n) is 10.5. The van der Waals surface area contributed by atoms with Crippen LogP contribution in [0.4, 0.5) is 0 Å². The van der Waals surface area contributed by atoms with E-state index >= 15 is 0 Å². The molecule has 9 atom stereocenters. The van der Waals surface area contributed by atoms with E-state index in [1.165, 1.54) is 44.9 Å². The Hall–Kier alpha value is -0.570. The van der Waals surface area contributed by atoms with E-state index in [0.29, 0.717) is 23.2 Å². The summed E-state index contributed by atoms with van der Waals surface area (Å²) in [5.74, 6) is 4.85. The smallest absolute Gasteiger partial charge is 0.217 e. The van der Waals surface area contributed by atoms with Crippen LogP contribution in [-0.4, -0.2) is 17.1 Å². The molecule has 4 rings (SSSR count). The van der Waals surface area contributed by atoms with Gasteiger partial charge in [0, 0.05) is 6.42 Å². The van der Waals surface area contributed by atoms with Gasteiger partial charge in [-0.25, -0.2) is 0 Å². The van der Waals surface area contributed by atoms with Gasteiger partial charge in [0.1, 0.15) is 0 Å². The molecule has 4 fully saturated rings. The first kappa shape index (κ1) is 20.7. The third-order valence-corrected chi connectivity index (χ3v) is 10.5. The van der Waals surface area contributed by atoms with E-state index in [0.717, 1.165) is 55.3 Å². The van der Waals surface area contributed by atoms with Crippen molar-refractivity contribution in [1.82, 2.24) is 0 Å². The van der Waals surface area contributed by atoms with Crippen molar-refractivity contribution < 1.29 is 9.90 Å². The lowest BCUT2D eigenvalue weighted by atomic mass is 9.44. The highest BCUT2D eigenvalue weighted by atomic mass is 16.3. The van der Waals surface area contributed by atoms with Gasteiger partial charge in [0.05, 0.1) is 6.10 Å². The maximum absolute atomic E-state index is 11.1.